The molecule has 0 spiro atoms. The van der Waals surface area contributed by atoms with Gasteiger partial charge >= 0.3 is 0 Å². The van der Waals surface area contributed by atoms with E-state index in [2.05, 4.69) is 53.7 Å². The average molecular weight is 294 g/mol. The Morgan fingerprint density at radius 3 is 2.60 bits per heavy atom. The van der Waals surface area contributed by atoms with Gasteiger partial charge in [-0.25, -0.2) is 0 Å². The van der Waals surface area contributed by atoms with Crippen LogP contribution in [0.3, 0.4) is 0 Å². The Labute approximate surface area is 127 Å². The van der Waals surface area contributed by atoms with Crippen LogP contribution in [0.15, 0.2) is 30.3 Å². The summed E-state index contributed by atoms with van der Waals surface area (Å²) in [7, 11) is 0. The first-order valence-corrected chi connectivity index (χ1v) is 8.79. The molecule has 1 aliphatic heterocycles. The molecule has 1 N–H and O–H groups in total. The number of benzene rings is 1. The standard InChI is InChI=1S/C16H26N2OS/c1-14(18-8-10-19-11-9-18)12-17-16(13-20-2)15-6-4-3-5-7-15/h3-7,14,16-17H,8-13H2,1-2H3/t14-,16+/m1/s1. The molecule has 3 nitrogen and oxygen atoms in total. The molecule has 0 aliphatic carbocycles. The average Bonchev–Trinajstić information content (AvgIpc) is 2.53. The molecule has 1 aromatic rings. The van der Waals surface area contributed by atoms with Crippen LogP contribution in [0, 0.1) is 0 Å². The SMILES string of the molecule is CSC[C@H](NC[C@@H](C)N1CCOCC1)c1ccccc1. The van der Waals surface area contributed by atoms with E-state index in [4.69, 9.17) is 4.74 Å². The molecule has 1 heterocycles. The highest BCUT2D eigenvalue weighted by Crippen LogP contribution is 2.17. The van der Waals surface area contributed by atoms with Gasteiger partial charge in [0.15, 0.2) is 0 Å². The fourth-order valence-corrected chi connectivity index (χ4v) is 3.23. The van der Waals surface area contributed by atoms with Crippen molar-refractivity contribution >= 4 is 11.8 Å². The lowest BCUT2D eigenvalue weighted by Crippen LogP contribution is -2.47. The summed E-state index contributed by atoms with van der Waals surface area (Å²) in [6, 6.07) is 11.8. The van der Waals surface area contributed by atoms with Crippen molar-refractivity contribution in [1.29, 1.82) is 0 Å². The highest BCUT2D eigenvalue weighted by Gasteiger charge is 2.18. The van der Waals surface area contributed by atoms with E-state index in [1.165, 1.54) is 5.56 Å². The number of nitrogens with one attached hydrogen (secondary N) is 1. The predicted octanol–water partition coefficient (Wildman–Crippen LogP) is 2.40. The molecule has 1 saturated heterocycles. The van der Waals surface area contributed by atoms with Crippen LogP contribution in [0.1, 0.15) is 18.5 Å². The van der Waals surface area contributed by atoms with Crippen LogP contribution < -0.4 is 5.32 Å². The molecular weight excluding hydrogens is 268 g/mol. The van der Waals surface area contributed by atoms with E-state index in [1.54, 1.807) is 0 Å². The molecule has 0 saturated carbocycles. The van der Waals surface area contributed by atoms with E-state index in [9.17, 15) is 0 Å². The molecule has 112 valence electrons. The van der Waals surface area contributed by atoms with E-state index in [1.807, 2.05) is 11.8 Å². The van der Waals surface area contributed by atoms with Crippen molar-refractivity contribution in [2.24, 2.45) is 0 Å². The zero-order chi connectivity index (χ0) is 14.2. The van der Waals surface area contributed by atoms with Gasteiger partial charge in [0.25, 0.3) is 0 Å². The third-order valence-electron chi connectivity index (χ3n) is 3.86. The number of nitrogens with zero attached hydrogens (tertiary/aromatic N) is 1. The Bertz CT molecular complexity index is 368. The quantitative estimate of drug-likeness (QED) is 0.834. The molecule has 1 aromatic carbocycles. The first-order chi connectivity index (χ1) is 9.81. The maximum absolute atomic E-state index is 5.42. The number of rotatable bonds is 7. The first kappa shape index (κ1) is 15.8. The van der Waals surface area contributed by atoms with Crippen LogP contribution in [0.2, 0.25) is 0 Å². The van der Waals surface area contributed by atoms with Gasteiger partial charge in [0, 0.05) is 37.5 Å². The number of hydrogen-bond donors (Lipinski definition) is 1. The summed E-state index contributed by atoms with van der Waals surface area (Å²) >= 11 is 1.90. The zero-order valence-corrected chi connectivity index (χ0v) is 13.4. The molecule has 2 atom stereocenters. The number of morpholine rings is 1. The van der Waals surface area contributed by atoms with Crippen LogP contribution in [0.25, 0.3) is 0 Å². The van der Waals surface area contributed by atoms with Gasteiger partial charge < -0.3 is 10.1 Å². The lowest BCUT2D eigenvalue weighted by molar-refractivity contribution is 0.0200. The van der Waals surface area contributed by atoms with E-state index in [0.717, 1.165) is 38.6 Å². The molecule has 2 rings (SSSR count). The van der Waals surface area contributed by atoms with Crippen molar-refractivity contribution in [2.75, 3.05) is 44.9 Å². The molecule has 0 bridgehead atoms. The predicted molar refractivity (Wildman–Crippen MR) is 87.4 cm³/mol. The van der Waals surface area contributed by atoms with E-state index < -0.39 is 0 Å². The van der Waals surface area contributed by atoms with Crippen molar-refractivity contribution in [3.63, 3.8) is 0 Å². The molecule has 20 heavy (non-hydrogen) atoms. The lowest BCUT2D eigenvalue weighted by Gasteiger charge is -2.33. The minimum Gasteiger partial charge on any atom is -0.379 e. The molecule has 0 unspecified atom stereocenters. The summed E-state index contributed by atoms with van der Waals surface area (Å²) in [5, 5.41) is 3.73. The summed E-state index contributed by atoms with van der Waals surface area (Å²) in [4.78, 5) is 2.51. The van der Waals surface area contributed by atoms with Gasteiger partial charge in [-0.1, -0.05) is 30.3 Å². The highest BCUT2D eigenvalue weighted by molar-refractivity contribution is 7.98. The van der Waals surface area contributed by atoms with Crippen LogP contribution in [-0.4, -0.2) is 55.8 Å². The van der Waals surface area contributed by atoms with E-state index in [-0.39, 0.29) is 0 Å². The molecule has 0 radical (unpaired) electrons. The fourth-order valence-electron chi connectivity index (χ4n) is 2.59. The van der Waals surface area contributed by atoms with Crippen LogP contribution in [0.4, 0.5) is 0 Å². The highest BCUT2D eigenvalue weighted by atomic mass is 32.2. The molecule has 0 aromatic heterocycles. The Kier molecular flexibility index (Phi) is 6.87. The van der Waals surface area contributed by atoms with Gasteiger partial charge in [-0.05, 0) is 18.7 Å². The summed E-state index contributed by atoms with van der Waals surface area (Å²) in [5.74, 6) is 1.11. The zero-order valence-electron chi connectivity index (χ0n) is 12.5. The van der Waals surface area contributed by atoms with E-state index in [0.29, 0.717) is 12.1 Å². The number of hydrogen-bond acceptors (Lipinski definition) is 4. The van der Waals surface area contributed by atoms with Crippen LogP contribution in [-0.2, 0) is 4.74 Å². The fraction of sp³-hybridized carbons (Fsp3) is 0.625. The minimum atomic E-state index is 0.440. The van der Waals surface area contributed by atoms with Crippen molar-refractivity contribution < 1.29 is 4.74 Å². The Morgan fingerprint density at radius 2 is 1.95 bits per heavy atom. The normalized spacial score (nSPS) is 19.7. The van der Waals surface area contributed by atoms with Gasteiger partial charge in [-0.15, -0.1) is 0 Å². The maximum atomic E-state index is 5.42. The Balaban J connectivity index is 1.85. The smallest absolute Gasteiger partial charge is 0.0594 e. The summed E-state index contributed by atoms with van der Waals surface area (Å²) in [6.07, 6.45) is 2.17. The van der Waals surface area contributed by atoms with Crippen LogP contribution >= 0.6 is 11.8 Å². The number of ether oxygens (including phenoxy) is 1. The number of thioether (sulfide) groups is 1. The third-order valence-corrected chi connectivity index (χ3v) is 4.53. The topological polar surface area (TPSA) is 24.5 Å². The summed E-state index contributed by atoms with van der Waals surface area (Å²) in [5.41, 5.74) is 1.39. The third kappa shape index (κ3) is 4.77. The van der Waals surface area contributed by atoms with Gasteiger partial charge in [-0.3, -0.25) is 4.90 Å². The second kappa shape index (κ2) is 8.67. The van der Waals surface area contributed by atoms with Gasteiger partial charge in [-0.2, -0.15) is 11.8 Å². The maximum Gasteiger partial charge on any atom is 0.0594 e. The van der Waals surface area contributed by atoms with Crippen molar-refractivity contribution in [3.05, 3.63) is 35.9 Å². The molecule has 1 aliphatic rings. The molecular formula is C16H26N2OS. The minimum absolute atomic E-state index is 0.440. The Morgan fingerprint density at radius 1 is 1.25 bits per heavy atom. The lowest BCUT2D eigenvalue weighted by atomic mass is 10.1. The molecule has 4 heteroatoms. The monoisotopic (exact) mass is 294 g/mol. The second-order valence-corrected chi connectivity index (χ2v) is 6.23. The van der Waals surface area contributed by atoms with Crippen molar-refractivity contribution in [1.82, 2.24) is 10.2 Å². The summed E-state index contributed by atoms with van der Waals surface area (Å²) in [6.45, 7) is 7.19. The van der Waals surface area contributed by atoms with Gasteiger partial charge in [0.2, 0.25) is 0 Å². The van der Waals surface area contributed by atoms with E-state index >= 15 is 0 Å². The Hall–Kier alpha value is -0.550. The molecule has 1 fully saturated rings. The second-order valence-electron chi connectivity index (χ2n) is 5.32. The largest absolute Gasteiger partial charge is 0.379 e. The van der Waals surface area contributed by atoms with Gasteiger partial charge in [0.1, 0.15) is 0 Å². The van der Waals surface area contributed by atoms with Crippen LogP contribution in [0.5, 0.6) is 0 Å². The van der Waals surface area contributed by atoms with Gasteiger partial charge in [0.05, 0.1) is 13.2 Å². The molecule has 0 amide bonds. The van der Waals surface area contributed by atoms with Crippen molar-refractivity contribution in [3.8, 4) is 0 Å². The van der Waals surface area contributed by atoms with Crippen molar-refractivity contribution in [2.45, 2.75) is 19.0 Å². The first-order valence-electron chi connectivity index (χ1n) is 7.40. The summed E-state index contributed by atoms with van der Waals surface area (Å²) < 4.78 is 5.42.